The van der Waals surface area contributed by atoms with Crippen LogP contribution in [-0.2, 0) is 19.2 Å². The smallest absolute Gasteiger partial charge is 0.332 e. The molecule has 0 aromatic carbocycles. The summed E-state index contributed by atoms with van der Waals surface area (Å²) in [6.45, 7) is 8.03. The maximum absolute atomic E-state index is 11.7. The highest BCUT2D eigenvalue weighted by molar-refractivity contribution is 5.73. The fourth-order valence-corrected chi connectivity index (χ4v) is 1.47. The van der Waals surface area contributed by atoms with E-state index in [0.29, 0.717) is 0 Å². The molecule has 0 aromatic rings. The summed E-state index contributed by atoms with van der Waals surface area (Å²) in [5, 5.41) is 24.8. The van der Waals surface area contributed by atoms with Crippen LogP contribution in [-0.4, -0.2) is 46.4 Å². The molecule has 122 valence electrons. The summed E-state index contributed by atoms with van der Waals surface area (Å²) in [7, 11) is 1.28. The number of carboxylic acids is 1. The monoisotopic (exact) mass is 305 g/mol. The summed E-state index contributed by atoms with van der Waals surface area (Å²) in [5.41, 5.74) is 0. The fraction of sp³-hybridized carbons (Fsp3) is 0.833. The minimum atomic E-state index is -1.15. The first-order chi connectivity index (χ1) is 9.57. The highest BCUT2D eigenvalue weighted by atomic mass is 16.8. The Bertz CT molecular complexity index is 396. The molecule has 0 aliphatic carbocycles. The van der Waals surface area contributed by atoms with E-state index in [-0.39, 0.29) is 16.8 Å². The molecule has 0 amide bonds. The van der Waals surface area contributed by atoms with Crippen LogP contribution < -0.4 is 0 Å². The van der Waals surface area contributed by atoms with Gasteiger partial charge in [0.15, 0.2) is 6.04 Å². The lowest BCUT2D eigenvalue weighted by Crippen LogP contribution is -2.45. The minimum Gasteiger partial charge on any atom is -0.569 e. The van der Waals surface area contributed by atoms with E-state index in [9.17, 15) is 14.8 Å². The minimum absolute atomic E-state index is 0.0124. The normalized spacial score (nSPS) is 14.8. The molecule has 0 heterocycles. The summed E-state index contributed by atoms with van der Waals surface area (Å²) in [4.78, 5) is 27.1. The Morgan fingerprint density at radius 2 is 1.76 bits per heavy atom. The lowest BCUT2D eigenvalue weighted by atomic mass is 10.1. The number of esters is 1. The number of hydrogen-bond donors (Lipinski definition) is 1. The number of carbonyl (C=O) groups is 2. The van der Waals surface area contributed by atoms with Gasteiger partial charge in [0.05, 0.1) is 17.9 Å². The molecule has 9 nitrogen and oxygen atoms in total. The third-order valence-corrected chi connectivity index (χ3v) is 2.58. The van der Waals surface area contributed by atoms with Crippen molar-refractivity contribution in [2.24, 2.45) is 17.1 Å². The van der Waals surface area contributed by atoms with E-state index < -0.39 is 24.3 Å². The zero-order chi connectivity index (χ0) is 16.7. The Morgan fingerprint density at radius 3 is 2.14 bits per heavy atom. The predicted molar refractivity (Wildman–Crippen MR) is 71.6 cm³/mol. The number of carbonyl (C=O) groups excluding carboxylic acids is 1. The first-order valence-electron chi connectivity index (χ1n) is 6.58. The van der Waals surface area contributed by atoms with Crippen LogP contribution in [0.1, 0.15) is 34.6 Å². The molecule has 0 saturated carbocycles. The van der Waals surface area contributed by atoms with Gasteiger partial charge in [-0.25, -0.2) is 4.79 Å². The van der Waals surface area contributed by atoms with Gasteiger partial charge in [0.1, 0.15) is 0 Å². The zero-order valence-electron chi connectivity index (χ0n) is 13.1. The first kappa shape index (κ1) is 18.9. The van der Waals surface area contributed by atoms with Crippen molar-refractivity contribution in [2.45, 2.75) is 47.0 Å². The summed E-state index contributed by atoms with van der Waals surface area (Å²) >= 11 is 0. The van der Waals surface area contributed by atoms with E-state index in [1.54, 1.807) is 27.7 Å². The Kier molecular flexibility index (Phi) is 7.46. The lowest BCUT2D eigenvalue weighted by Gasteiger charge is -2.23. The molecule has 0 saturated heterocycles. The Morgan fingerprint density at radius 1 is 1.24 bits per heavy atom. The topological polar surface area (TPSA) is 114 Å². The molecule has 1 unspecified atom stereocenters. The van der Waals surface area contributed by atoms with Crippen LogP contribution in [0.25, 0.3) is 0 Å². The maximum atomic E-state index is 11.7. The molecule has 1 N–H and O–H groups in total. The average molecular weight is 305 g/mol. The van der Waals surface area contributed by atoms with Crippen LogP contribution in [0.15, 0.2) is 5.28 Å². The number of ether oxygens (including phenoxy) is 1. The number of likely N-dealkylation sites (N-methyl/N-ethyl adjacent to an activating group) is 1. The highest BCUT2D eigenvalue weighted by Crippen LogP contribution is 2.10. The number of hydrogen-bond acceptors (Lipinski definition) is 6. The highest BCUT2D eigenvalue weighted by Gasteiger charge is 2.32. The summed E-state index contributed by atoms with van der Waals surface area (Å²) in [6, 6.07) is -1.05. The zero-order valence-corrected chi connectivity index (χ0v) is 13.1. The summed E-state index contributed by atoms with van der Waals surface area (Å²) < 4.78 is 4.84. The van der Waals surface area contributed by atoms with Gasteiger partial charge in [0.25, 0.3) is 6.29 Å². The van der Waals surface area contributed by atoms with Gasteiger partial charge in [0, 0.05) is 6.92 Å². The van der Waals surface area contributed by atoms with Gasteiger partial charge >= 0.3 is 11.9 Å². The second kappa shape index (κ2) is 8.28. The summed E-state index contributed by atoms with van der Waals surface area (Å²) in [5.74, 6) is -2.29. The molecule has 0 radical (unpaired) electrons. The van der Waals surface area contributed by atoms with E-state index in [4.69, 9.17) is 14.7 Å². The number of aliphatic carboxylic acids is 1. The standard InChI is InChI=1S/C12H23N3O6/c1-7(2)10(11(16)17)14(6)15(19)13-21-9(5)20-12(18)8(3)4/h7-10H,1-6H3,(H,16,17)/b15-13+/t9?,10-/m0/s1. The molecule has 0 aliphatic heterocycles. The van der Waals surface area contributed by atoms with Gasteiger partial charge in [-0.05, 0) is 5.92 Å². The summed E-state index contributed by atoms with van der Waals surface area (Å²) in [6.07, 6.45) is -1.05. The third kappa shape index (κ3) is 6.28. The molecule has 0 aromatic heterocycles. The van der Waals surface area contributed by atoms with Crippen molar-refractivity contribution in [3.05, 3.63) is 5.21 Å². The fourth-order valence-electron chi connectivity index (χ4n) is 1.47. The third-order valence-electron chi connectivity index (χ3n) is 2.58. The van der Waals surface area contributed by atoms with E-state index in [2.05, 4.69) is 5.28 Å². The van der Waals surface area contributed by atoms with E-state index in [1.807, 2.05) is 0 Å². The molecule has 0 aliphatic rings. The molecule has 0 fully saturated rings. The number of nitrogens with zero attached hydrogens (tertiary/aromatic N) is 3. The van der Waals surface area contributed by atoms with Crippen molar-refractivity contribution in [3.63, 3.8) is 0 Å². The molecule has 0 rings (SSSR count). The van der Waals surface area contributed by atoms with Crippen molar-refractivity contribution < 1.29 is 29.2 Å². The average Bonchev–Trinajstić information content (AvgIpc) is 2.34. The Hall–Kier alpha value is -2.06. The molecular weight excluding hydrogens is 282 g/mol. The van der Waals surface area contributed by atoms with Crippen molar-refractivity contribution in [3.8, 4) is 0 Å². The molecule has 0 bridgehead atoms. The van der Waals surface area contributed by atoms with Crippen LogP contribution in [0, 0.1) is 17.0 Å². The van der Waals surface area contributed by atoms with Crippen molar-refractivity contribution >= 4 is 11.9 Å². The van der Waals surface area contributed by atoms with Gasteiger partial charge in [-0.1, -0.05) is 27.7 Å². The van der Waals surface area contributed by atoms with Crippen LogP contribution in [0.4, 0.5) is 0 Å². The van der Waals surface area contributed by atoms with Crippen LogP contribution in [0.3, 0.4) is 0 Å². The molecule has 2 atom stereocenters. The van der Waals surface area contributed by atoms with Crippen molar-refractivity contribution in [1.29, 1.82) is 0 Å². The first-order valence-corrected chi connectivity index (χ1v) is 6.58. The quantitative estimate of drug-likeness (QED) is 0.237. The Balaban J connectivity index is 4.66. The van der Waals surface area contributed by atoms with Gasteiger partial charge in [-0.15, -0.1) is 5.01 Å². The van der Waals surface area contributed by atoms with Crippen LogP contribution in [0.5, 0.6) is 0 Å². The largest absolute Gasteiger partial charge is 0.569 e. The van der Waals surface area contributed by atoms with Gasteiger partial charge in [-0.3, -0.25) is 9.63 Å². The second-order valence-electron chi connectivity index (χ2n) is 5.20. The van der Waals surface area contributed by atoms with Crippen LogP contribution >= 0.6 is 0 Å². The molecule has 21 heavy (non-hydrogen) atoms. The number of rotatable bonds is 8. The van der Waals surface area contributed by atoms with E-state index in [1.165, 1.54) is 14.0 Å². The number of hydrazine groups is 1. The van der Waals surface area contributed by atoms with Gasteiger partial charge in [0.2, 0.25) is 5.28 Å². The Labute approximate surface area is 123 Å². The molecular formula is C12H23N3O6. The van der Waals surface area contributed by atoms with Crippen molar-refractivity contribution in [1.82, 2.24) is 5.01 Å². The van der Waals surface area contributed by atoms with E-state index >= 15 is 0 Å². The maximum Gasteiger partial charge on any atom is 0.332 e. The number of carboxylic acid groups (broad SMARTS) is 1. The van der Waals surface area contributed by atoms with Gasteiger partial charge in [-0.2, -0.15) is 0 Å². The SMILES string of the molecule is CC(O/N=[N+](/[O-])N(C)[C@H](C(=O)O)C(C)C)OC(=O)C(C)C. The molecule has 9 heteroatoms. The predicted octanol–water partition coefficient (Wildman–Crippen LogP) is 1.38. The lowest BCUT2D eigenvalue weighted by molar-refractivity contribution is -0.713. The van der Waals surface area contributed by atoms with Crippen LogP contribution in [0.2, 0.25) is 0 Å². The second-order valence-corrected chi connectivity index (χ2v) is 5.20. The molecule has 0 spiro atoms. The van der Waals surface area contributed by atoms with E-state index in [0.717, 1.165) is 5.01 Å². The van der Waals surface area contributed by atoms with Crippen molar-refractivity contribution in [2.75, 3.05) is 7.05 Å². The van der Waals surface area contributed by atoms with Gasteiger partial charge < -0.3 is 15.1 Å².